The predicted molar refractivity (Wildman–Crippen MR) is 46.8 cm³/mol. The van der Waals surface area contributed by atoms with Crippen molar-refractivity contribution >= 4 is 12.1 Å². The molecular weight excluding hydrogens is 174 g/mol. The average molecular weight is 189 g/mol. The summed E-state index contributed by atoms with van der Waals surface area (Å²) in [5, 5.41) is 17.0. The van der Waals surface area contributed by atoms with Crippen LogP contribution in [-0.4, -0.2) is 40.3 Å². The van der Waals surface area contributed by atoms with Gasteiger partial charge in [-0.25, -0.2) is 4.79 Å². The largest absolute Gasteiger partial charge is 0.480 e. The van der Waals surface area contributed by atoms with Crippen LogP contribution in [0.15, 0.2) is 0 Å². The van der Waals surface area contributed by atoms with Crippen LogP contribution in [0.5, 0.6) is 0 Å². The van der Waals surface area contributed by atoms with Gasteiger partial charge in [0, 0.05) is 6.54 Å². The van der Waals surface area contributed by atoms with Crippen LogP contribution in [0.1, 0.15) is 26.2 Å². The molecule has 0 aromatic rings. The highest BCUT2D eigenvalue weighted by atomic mass is 16.4. The van der Waals surface area contributed by atoms with Crippen LogP contribution in [0, 0.1) is 0 Å². The Bertz CT molecular complexity index is 181. The van der Waals surface area contributed by atoms with Gasteiger partial charge in [0.15, 0.2) is 0 Å². The van der Waals surface area contributed by atoms with Crippen molar-refractivity contribution in [3.05, 3.63) is 0 Å². The maximum atomic E-state index is 10.5. The van der Waals surface area contributed by atoms with Gasteiger partial charge >= 0.3 is 12.1 Å². The molecule has 0 aliphatic carbocycles. The van der Waals surface area contributed by atoms with E-state index in [4.69, 9.17) is 10.2 Å². The number of hydrogen-bond acceptors (Lipinski definition) is 2. The van der Waals surface area contributed by atoms with Gasteiger partial charge in [0.2, 0.25) is 0 Å². The lowest BCUT2D eigenvalue weighted by atomic mass is 10.2. The van der Waals surface area contributed by atoms with Gasteiger partial charge in [0.1, 0.15) is 6.54 Å². The lowest BCUT2D eigenvalue weighted by Gasteiger charge is -2.15. The van der Waals surface area contributed by atoms with Crippen molar-refractivity contribution in [3.8, 4) is 0 Å². The van der Waals surface area contributed by atoms with E-state index in [1.165, 1.54) is 0 Å². The molecule has 13 heavy (non-hydrogen) atoms. The number of aliphatic carboxylic acids is 1. The van der Waals surface area contributed by atoms with Crippen molar-refractivity contribution in [1.82, 2.24) is 4.90 Å². The molecule has 0 saturated heterocycles. The highest BCUT2D eigenvalue weighted by molar-refractivity contribution is 5.75. The zero-order chi connectivity index (χ0) is 10.3. The fourth-order valence-electron chi connectivity index (χ4n) is 0.958. The van der Waals surface area contributed by atoms with Crippen LogP contribution in [0.2, 0.25) is 0 Å². The van der Waals surface area contributed by atoms with Gasteiger partial charge in [-0.2, -0.15) is 0 Å². The lowest BCUT2D eigenvalue weighted by molar-refractivity contribution is -0.137. The predicted octanol–water partition coefficient (Wildman–Crippen LogP) is 1.24. The molecule has 5 nitrogen and oxygen atoms in total. The summed E-state index contributed by atoms with van der Waals surface area (Å²) in [5.41, 5.74) is 0. The van der Waals surface area contributed by atoms with Crippen LogP contribution in [-0.2, 0) is 4.79 Å². The molecule has 0 bridgehead atoms. The van der Waals surface area contributed by atoms with Gasteiger partial charge in [0.05, 0.1) is 0 Å². The highest BCUT2D eigenvalue weighted by Gasteiger charge is 2.13. The number of amides is 1. The van der Waals surface area contributed by atoms with Gasteiger partial charge in [0.25, 0.3) is 0 Å². The zero-order valence-electron chi connectivity index (χ0n) is 7.69. The van der Waals surface area contributed by atoms with E-state index in [0.717, 1.165) is 24.2 Å². The minimum atomic E-state index is -1.17. The summed E-state index contributed by atoms with van der Waals surface area (Å²) in [6.07, 6.45) is 1.46. The molecule has 76 valence electrons. The minimum absolute atomic E-state index is 0.301. The second kappa shape index (κ2) is 6.28. The Kier molecular flexibility index (Phi) is 5.67. The van der Waals surface area contributed by atoms with E-state index >= 15 is 0 Å². The summed E-state index contributed by atoms with van der Waals surface area (Å²) in [7, 11) is 0. The molecule has 0 rings (SSSR count). The van der Waals surface area contributed by atoms with E-state index < -0.39 is 18.6 Å². The van der Waals surface area contributed by atoms with Gasteiger partial charge in [-0.1, -0.05) is 19.8 Å². The summed E-state index contributed by atoms with van der Waals surface area (Å²) in [6.45, 7) is 1.87. The summed E-state index contributed by atoms with van der Waals surface area (Å²) in [6, 6.07) is 0. The molecule has 0 aromatic heterocycles. The highest BCUT2D eigenvalue weighted by Crippen LogP contribution is 1.98. The molecule has 0 radical (unpaired) electrons. The Morgan fingerprint density at radius 3 is 2.23 bits per heavy atom. The van der Waals surface area contributed by atoms with E-state index in [-0.39, 0.29) is 0 Å². The molecule has 0 fully saturated rings. The second-order valence-electron chi connectivity index (χ2n) is 2.80. The maximum Gasteiger partial charge on any atom is 0.407 e. The number of unbranched alkanes of at least 4 members (excludes halogenated alkanes) is 2. The van der Waals surface area contributed by atoms with Crippen molar-refractivity contribution in [1.29, 1.82) is 0 Å². The molecule has 0 aromatic carbocycles. The van der Waals surface area contributed by atoms with Crippen LogP contribution in [0.3, 0.4) is 0 Å². The van der Waals surface area contributed by atoms with E-state index in [0.29, 0.717) is 6.54 Å². The second-order valence-corrected chi connectivity index (χ2v) is 2.80. The third-order valence-corrected chi connectivity index (χ3v) is 1.63. The normalized spacial score (nSPS) is 9.62. The van der Waals surface area contributed by atoms with Gasteiger partial charge < -0.3 is 10.2 Å². The maximum absolute atomic E-state index is 10.5. The van der Waals surface area contributed by atoms with Gasteiger partial charge in [-0.3, -0.25) is 9.69 Å². The SMILES string of the molecule is CCCCCN(CC(=O)O)C(=O)O. The van der Waals surface area contributed by atoms with Crippen molar-refractivity contribution in [2.45, 2.75) is 26.2 Å². The molecule has 1 amide bonds. The number of rotatable bonds is 6. The molecule has 0 saturated carbocycles. The van der Waals surface area contributed by atoms with Crippen LogP contribution in [0.4, 0.5) is 4.79 Å². The van der Waals surface area contributed by atoms with Gasteiger partial charge in [-0.15, -0.1) is 0 Å². The number of carbonyl (C=O) groups is 2. The van der Waals surface area contributed by atoms with E-state index in [1.807, 2.05) is 6.92 Å². The quantitative estimate of drug-likeness (QED) is 0.616. The number of carboxylic acid groups (broad SMARTS) is 2. The fraction of sp³-hybridized carbons (Fsp3) is 0.750. The van der Waals surface area contributed by atoms with Crippen molar-refractivity contribution in [3.63, 3.8) is 0 Å². The average Bonchev–Trinajstić information content (AvgIpc) is 2.02. The van der Waals surface area contributed by atoms with Crippen molar-refractivity contribution in [2.75, 3.05) is 13.1 Å². The minimum Gasteiger partial charge on any atom is -0.480 e. The Hall–Kier alpha value is -1.26. The third kappa shape index (κ3) is 5.95. The monoisotopic (exact) mass is 189 g/mol. The molecule has 2 N–H and O–H groups in total. The lowest BCUT2D eigenvalue weighted by Crippen LogP contribution is -2.35. The first-order chi connectivity index (χ1) is 6.07. The molecule has 0 spiro atoms. The smallest absolute Gasteiger partial charge is 0.407 e. The summed E-state index contributed by atoms with van der Waals surface area (Å²) >= 11 is 0. The van der Waals surface area contributed by atoms with E-state index in [1.54, 1.807) is 0 Å². The first kappa shape index (κ1) is 11.7. The summed E-state index contributed by atoms with van der Waals surface area (Å²) in [5.74, 6) is -1.11. The molecule has 0 aliphatic rings. The van der Waals surface area contributed by atoms with Crippen LogP contribution >= 0.6 is 0 Å². The Morgan fingerprint density at radius 1 is 1.23 bits per heavy atom. The molecule has 0 heterocycles. The Morgan fingerprint density at radius 2 is 1.85 bits per heavy atom. The topological polar surface area (TPSA) is 77.8 Å². The number of nitrogens with zero attached hydrogens (tertiary/aromatic N) is 1. The summed E-state index contributed by atoms with van der Waals surface area (Å²) in [4.78, 5) is 21.6. The third-order valence-electron chi connectivity index (χ3n) is 1.63. The number of carboxylic acids is 1. The van der Waals surface area contributed by atoms with E-state index in [2.05, 4.69) is 0 Å². The molecule has 0 aliphatic heterocycles. The molecular formula is C8H15NO4. The fourth-order valence-corrected chi connectivity index (χ4v) is 0.958. The first-order valence-electron chi connectivity index (χ1n) is 4.27. The standard InChI is InChI=1S/C8H15NO4/c1-2-3-4-5-9(8(12)13)6-7(10)11/h2-6H2,1H3,(H,10,11)(H,12,13). The first-order valence-corrected chi connectivity index (χ1v) is 4.27. The van der Waals surface area contributed by atoms with Crippen LogP contribution < -0.4 is 0 Å². The summed E-state index contributed by atoms with van der Waals surface area (Å²) < 4.78 is 0. The Labute approximate surface area is 77.0 Å². The number of hydrogen-bond donors (Lipinski definition) is 2. The van der Waals surface area contributed by atoms with Crippen molar-refractivity contribution < 1.29 is 19.8 Å². The van der Waals surface area contributed by atoms with Crippen LogP contribution in [0.25, 0.3) is 0 Å². The Balaban J connectivity index is 3.81. The molecule has 0 atom stereocenters. The van der Waals surface area contributed by atoms with E-state index in [9.17, 15) is 9.59 Å². The molecule has 0 unspecified atom stereocenters. The molecule has 5 heteroatoms. The van der Waals surface area contributed by atoms with Gasteiger partial charge in [-0.05, 0) is 6.42 Å². The van der Waals surface area contributed by atoms with Crippen molar-refractivity contribution in [2.24, 2.45) is 0 Å². The zero-order valence-corrected chi connectivity index (χ0v) is 7.69.